The van der Waals surface area contributed by atoms with Crippen LogP contribution in [0.1, 0.15) is 22.3 Å². The summed E-state index contributed by atoms with van der Waals surface area (Å²) in [7, 11) is 0. The molecule has 0 aliphatic carbocycles. The Labute approximate surface area is 209 Å². The highest BCUT2D eigenvalue weighted by molar-refractivity contribution is 6.35. The summed E-state index contributed by atoms with van der Waals surface area (Å²) in [6, 6.07) is 16.3. The molecule has 4 rings (SSSR count). The molecule has 35 heavy (non-hydrogen) atoms. The van der Waals surface area contributed by atoms with Gasteiger partial charge in [0.25, 0.3) is 5.91 Å². The molecule has 0 spiro atoms. The molecule has 0 aliphatic rings. The second kappa shape index (κ2) is 10.3. The van der Waals surface area contributed by atoms with E-state index >= 15 is 0 Å². The van der Waals surface area contributed by atoms with Crippen molar-refractivity contribution in [2.24, 2.45) is 0 Å². The summed E-state index contributed by atoms with van der Waals surface area (Å²) >= 11 is 12.4. The monoisotopic (exact) mass is 514 g/mol. The van der Waals surface area contributed by atoms with Gasteiger partial charge in [0.2, 0.25) is 0 Å². The van der Waals surface area contributed by atoms with Crippen molar-refractivity contribution in [1.82, 2.24) is 20.5 Å². The Morgan fingerprint density at radius 3 is 2.49 bits per heavy atom. The number of hydrogen-bond acceptors (Lipinski definition) is 6. The molecule has 0 aliphatic heterocycles. The van der Waals surface area contributed by atoms with Crippen LogP contribution in [-0.4, -0.2) is 54.6 Å². The molecule has 1 amide bonds. The van der Waals surface area contributed by atoms with Crippen LogP contribution in [-0.2, 0) is 11.2 Å². The fraction of sp³-hybridized carbons (Fsp3) is 0.167. The molecule has 0 bridgehead atoms. The lowest BCUT2D eigenvalue weighted by Crippen LogP contribution is -2.40. The minimum atomic E-state index is -1.66. The quantitative estimate of drug-likeness (QED) is 0.262. The highest BCUT2D eigenvalue weighted by Crippen LogP contribution is 2.31. The first kappa shape index (κ1) is 24.5. The maximum absolute atomic E-state index is 12.9. The molecule has 0 fully saturated rings. The average Bonchev–Trinajstić information content (AvgIpc) is 3.21. The van der Waals surface area contributed by atoms with Gasteiger partial charge in [0, 0.05) is 33.6 Å². The van der Waals surface area contributed by atoms with Crippen LogP contribution >= 0.6 is 23.2 Å². The number of carboxylic acid groups (broad SMARTS) is 1. The summed E-state index contributed by atoms with van der Waals surface area (Å²) in [6.45, 7) is 0. The molecular weight excluding hydrogens is 495 g/mol. The molecular formula is C24H20Cl2N4O5. The molecule has 0 saturated carbocycles. The number of nitrogens with one attached hydrogen (secondary N) is 1. The van der Waals surface area contributed by atoms with E-state index in [0.717, 1.165) is 16.7 Å². The molecule has 11 heteroatoms. The van der Waals surface area contributed by atoms with E-state index in [4.69, 9.17) is 28.3 Å². The standard InChI is InChI=1S/C24H20Cl2N4O5/c25-16-6-7-19(26)18(11-16)14-3-1-13(2-4-14)9-17(12-22(31)24(33)34)27-23(32)15-5-8-20-21(10-15)30(35)29-28-20/h1-8,10-11,17,22,31,35H,9,12H2,(H,27,32)(H,33,34)/t17-,22-/m1/s1. The molecule has 3 aromatic carbocycles. The average molecular weight is 515 g/mol. The first-order chi connectivity index (χ1) is 16.7. The first-order valence-corrected chi connectivity index (χ1v) is 11.3. The van der Waals surface area contributed by atoms with E-state index in [1.165, 1.54) is 18.2 Å². The third kappa shape index (κ3) is 5.71. The summed E-state index contributed by atoms with van der Waals surface area (Å²) in [5.41, 5.74) is 3.29. The number of halogens is 2. The Balaban J connectivity index is 1.54. The van der Waals surface area contributed by atoms with Gasteiger partial charge in [-0.1, -0.05) is 52.3 Å². The molecule has 4 aromatic rings. The van der Waals surface area contributed by atoms with Crippen molar-refractivity contribution in [2.45, 2.75) is 25.0 Å². The van der Waals surface area contributed by atoms with Gasteiger partial charge in [0.15, 0.2) is 6.10 Å². The van der Waals surface area contributed by atoms with Crippen molar-refractivity contribution >= 4 is 46.1 Å². The predicted molar refractivity (Wildman–Crippen MR) is 130 cm³/mol. The number of amides is 1. The Morgan fingerprint density at radius 1 is 1.03 bits per heavy atom. The maximum atomic E-state index is 12.9. The number of rotatable bonds is 8. The molecule has 0 unspecified atom stereocenters. The van der Waals surface area contributed by atoms with Gasteiger partial charge < -0.3 is 20.7 Å². The molecule has 180 valence electrons. The van der Waals surface area contributed by atoms with Crippen molar-refractivity contribution in [2.75, 3.05) is 0 Å². The molecule has 1 heterocycles. The second-order valence-electron chi connectivity index (χ2n) is 7.97. The third-order valence-electron chi connectivity index (χ3n) is 5.49. The lowest BCUT2D eigenvalue weighted by molar-refractivity contribution is -0.147. The zero-order valence-corrected chi connectivity index (χ0v) is 19.6. The van der Waals surface area contributed by atoms with E-state index in [1.54, 1.807) is 18.2 Å². The van der Waals surface area contributed by atoms with Crippen LogP contribution in [0.5, 0.6) is 0 Å². The fourth-order valence-electron chi connectivity index (χ4n) is 3.70. The minimum Gasteiger partial charge on any atom is -0.479 e. The molecule has 9 nitrogen and oxygen atoms in total. The zero-order valence-electron chi connectivity index (χ0n) is 18.1. The molecule has 1 aromatic heterocycles. The highest BCUT2D eigenvalue weighted by Gasteiger charge is 2.23. The van der Waals surface area contributed by atoms with Crippen molar-refractivity contribution in [1.29, 1.82) is 0 Å². The minimum absolute atomic E-state index is 0.204. The van der Waals surface area contributed by atoms with Gasteiger partial charge in [-0.05, 0) is 59.2 Å². The number of fused-ring (bicyclic) bond motifs is 1. The van der Waals surface area contributed by atoms with E-state index < -0.39 is 24.0 Å². The summed E-state index contributed by atoms with van der Waals surface area (Å²) in [6.07, 6.45) is -1.60. The highest BCUT2D eigenvalue weighted by atomic mass is 35.5. The van der Waals surface area contributed by atoms with Gasteiger partial charge in [-0.3, -0.25) is 4.79 Å². The number of aliphatic hydroxyl groups excluding tert-OH is 1. The lowest BCUT2D eigenvalue weighted by atomic mass is 9.97. The van der Waals surface area contributed by atoms with Crippen molar-refractivity contribution in [3.05, 3.63) is 81.8 Å². The number of hydrogen-bond donors (Lipinski definition) is 4. The third-order valence-corrected chi connectivity index (χ3v) is 6.06. The number of aromatic nitrogens is 3. The first-order valence-electron chi connectivity index (χ1n) is 10.5. The number of aliphatic hydroxyl groups is 1. The molecule has 4 N–H and O–H groups in total. The Kier molecular flexibility index (Phi) is 7.20. The Morgan fingerprint density at radius 2 is 1.77 bits per heavy atom. The summed E-state index contributed by atoms with van der Waals surface area (Å²) in [4.78, 5) is 24.7. The lowest BCUT2D eigenvalue weighted by Gasteiger charge is -2.21. The summed E-state index contributed by atoms with van der Waals surface area (Å²) in [5, 5.41) is 39.9. The SMILES string of the molecule is O=C(N[C@H](Cc1ccc(-c2cc(Cl)ccc2Cl)cc1)C[C@@H](O)C(=O)O)c1ccc2nnn(O)c2c1. The molecule has 0 saturated heterocycles. The number of carbonyl (C=O) groups is 2. The number of carbonyl (C=O) groups excluding carboxylic acids is 1. The zero-order chi connectivity index (χ0) is 25.1. The van der Waals surface area contributed by atoms with Gasteiger partial charge in [0.1, 0.15) is 11.0 Å². The van der Waals surface area contributed by atoms with Crippen molar-refractivity contribution in [3.8, 4) is 11.1 Å². The predicted octanol–water partition coefficient (Wildman–Crippen LogP) is 3.82. The number of nitrogens with zero attached hydrogens (tertiary/aromatic N) is 3. The number of aliphatic carboxylic acids is 1. The van der Waals surface area contributed by atoms with Crippen LogP contribution in [0.4, 0.5) is 0 Å². The van der Waals surface area contributed by atoms with E-state index in [-0.39, 0.29) is 23.9 Å². The van der Waals surface area contributed by atoms with E-state index in [1.807, 2.05) is 24.3 Å². The summed E-state index contributed by atoms with van der Waals surface area (Å²) in [5.74, 6) is -1.88. The van der Waals surface area contributed by atoms with E-state index in [9.17, 15) is 19.9 Å². The maximum Gasteiger partial charge on any atom is 0.332 e. The summed E-state index contributed by atoms with van der Waals surface area (Å²) < 4.78 is 0. The van der Waals surface area contributed by atoms with Gasteiger partial charge >= 0.3 is 5.97 Å². The van der Waals surface area contributed by atoms with Crippen LogP contribution in [0.25, 0.3) is 22.2 Å². The van der Waals surface area contributed by atoms with Crippen LogP contribution in [0.2, 0.25) is 10.0 Å². The number of benzene rings is 3. The normalized spacial score (nSPS) is 12.9. The van der Waals surface area contributed by atoms with Gasteiger partial charge in [-0.2, -0.15) is 0 Å². The molecule has 0 radical (unpaired) electrons. The van der Waals surface area contributed by atoms with Crippen LogP contribution in [0.15, 0.2) is 60.7 Å². The smallest absolute Gasteiger partial charge is 0.332 e. The van der Waals surface area contributed by atoms with Gasteiger partial charge in [0.05, 0.1) is 0 Å². The van der Waals surface area contributed by atoms with Gasteiger partial charge in [-0.25, -0.2) is 4.79 Å². The van der Waals surface area contributed by atoms with Crippen LogP contribution < -0.4 is 5.32 Å². The van der Waals surface area contributed by atoms with E-state index in [0.29, 0.717) is 20.4 Å². The van der Waals surface area contributed by atoms with Crippen LogP contribution in [0, 0.1) is 0 Å². The fourth-order valence-corrected chi connectivity index (χ4v) is 4.10. The topological polar surface area (TPSA) is 138 Å². The van der Waals surface area contributed by atoms with Gasteiger partial charge in [-0.15, -0.1) is 5.10 Å². The molecule has 2 atom stereocenters. The van der Waals surface area contributed by atoms with Crippen molar-refractivity contribution < 1.29 is 25.0 Å². The van der Waals surface area contributed by atoms with Crippen molar-refractivity contribution in [3.63, 3.8) is 0 Å². The number of carboxylic acids is 1. The Hall–Kier alpha value is -3.66. The van der Waals surface area contributed by atoms with Crippen LogP contribution in [0.3, 0.4) is 0 Å². The largest absolute Gasteiger partial charge is 0.479 e. The second-order valence-corrected chi connectivity index (χ2v) is 8.81. The van der Waals surface area contributed by atoms with E-state index in [2.05, 4.69) is 15.6 Å². The Bertz CT molecular complexity index is 1390.